The molecule has 0 spiro atoms. The summed E-state index contributed by atoms with van der Waals surface area (Å²) in [4.78, 5) is 52.4. The average molecular weight is 933 g/mol. The number of aromatic nitrogens is 5. The number of ether oxygens (including phenoxy) is 3. The van der Waals surface area contributed by atoms with Crippen molar-refractivity contribution in [2.45, 2.75) is 58.2 Å². The van der Waals surface area contributed by atoms with Crippen LogP contribution in [0.2, 0.25) is 5.02 Å². The van der Waals surface area contributed by atoms with Crippen LogP contribution in [0.5, 0.6) is 17.4 Å². The van der Waals surface area contributed by atoms with Gasteiger partial charge < -0.3 is 34.0 Å². The molecule has 2 aromatic carbocycles. The minimum atomic E-state index is -1.29. The summed E-state index contributed by atoms with van der Waals surface area (Å²) in [5.41, 5.74) is 6.43. The van der Waals surface area contributed by atoms with Crippen LogP contribution in [-0.4, -0.2) is 135 Å². The quantitative estimate of drug-likeness (QED) is 0.102. The van der Waals surface area contributed by atoms with Crippen molar-refractivity contribution in [1.29, 1.82) is 0 Å². The first-order chi connectivity index (χ1) is 32.1. The second-order valence-corrected chi connectivity index (χ2v) is 18.4. The predicted octanol–water partition coefficient (Wildman–Crippen LogP) is 7.39. The van der Waals surface area contributed by atoms with Gasteiger partial charge in [-0.2, -0.15) is 4.37 Å². The molecule has 1 unspecified atom stereocenters. The van der Waals surface area contributed by atoms with Crippen LogP contribution in [0.3, 0.4) is 0 Å². The van der Waals surface area contributed by atoms with Gasteiger partial charge in [0.1, 0.15) is 30.4 Å². The zero-order valence-corrected chi connectivity index (χ0v) is 39.1. The smallest absolute Gasteiger partial charge is 0.345 e. The summed E-state index contributed by atoms with van der Waals surface area (Å²) in [6.07, 6.45) is 7.17. The van der Waals surface area contributed by atoms with Crippen LogP contribution >= 0.6 is 23.1 Å². The van der Waals surface area contributed by atoms with E-state index in [9.17, 15) is 14.7 Å². The largest absolute Gasteiger partial charge is 0.491 e. The topological polar surface area (TPSA) is 159 Å². The summed E-state index contributed by atoms with van der Waals surface area (Å²) in [5, 5.41) is 11.9. The Bertz CT molecular complexity index is 2680. The third-order valence-electron chi connectivity index (χ3n) is 13.0. The second-order valence-electron chi connectivity index (χ2n) is 17.2. The molecule has 1 atom stereocenters. The van der Waals surface area contributed by atoms with Crippen molar-refractivity contribution in [3.05, 3.63) is 101 Å². The van der Waals surface area contributed by atoms with Crippen molar-refractivity contribution in [2.24, 2.45) is 0 Å². The lowest BCUT2D eigenvalue weighted by atomic mass is 9.79. The van der Waals surface area contributed by atoms with Crippen molar-refractivity contribution < 1.29 is 28.9 Å². The van der Waals surface area contributed by atoms with E-state index in [1.807, 2.05) is 72.7 Å². The number of pyridine rings is 2. The van der Waals surface area contributed by atoms with Gasteiger partial charge in [0.2, 0.25) is 17.9 Å². The van der Waals surface area contributed by atoms with E-state index in [0.717, 1.165) is 103 Å². The van der Waals surface area contributed by atoms with E-state index in [2.05, 4.69) is 31.7 Å². The van der Waals surface area contributed by atoms with Gasteiger partial charge in [-0.15, -0.1) is 0 Å². The van der Waals surface area contributed by atoms with Gasteiger partial charge >= 0.3 is 5.97 Å². The number of amides is 1. The summed E-state index contributed by atoms with van der Waals surface area (Å²) in [5.74, 6) is 1.06. The van der Waals surface area contributed by atoms with Crippen LogP contribution in [0.4, 0.5) is 5.69 Å². The molecule has 6 aromatic rings. The van der Waals surface area contributed by atoms with Crippen LogP contribution in [-0.2, 0) is 22.6 Å². The number of halogens is 1. The number of aliphatic carboxylic acids is 1. The summed E-state index contributed by atoms with van der Waals surface area (Å²) in [6.45, 7) is 12.0. The normalized spacial score (nSPS) is 16.5. The maximum absolute atomic E-state index is 13.0. The molecule has 1 N–H and O–H groups in total. The zero-order chi connectivity index (χ0) is 45.7. The van der Waals surface area contributed by atoms with E-state index in [-0.39, 0.29) is 30.7 Å². The monoisotopic (exact) mass is 931 g/mol. The molecule has 4 aromatic heterocycles. The van der Waals surface area contributed by atoms with Gasteiger partial charge in [-0.05, 0) is 85.4 Å². The molecule has 2 aliphatic heterocycles. The van der Waals surface area contributed by atoms with Crippen LogP contribution in [0.1, 0.15) is 54.6 Å². The molecular weight excluding hydrogens is 878 g/mol. The molecule has 1 aliphatic carbocycles. The number of carboxylic acid groups (broad SMARTS) is 1. The molecule has 344 valence electrons. The highest BCUT2D eigenvalue weighted by Crippen LogP contribution is 2.48. The molecule has 2 saturated heterocycles. The van der Waals surface area contributed by atoms with Crippen molar-refractivity contribution in [2.75, 3.05) is 77.5 Å². The van der Waals surface area contributed by atoms with Crippen LogP contribution in [0, 0.1) is 6.92 Å². The Morgan fingerprint density at radius 3 is 2.44 bits per heavy atom. The van der Waals surface area contributed by atoms with Crippen molar-refractivity contribution >= 4 is 50.8 Å². The number of fused-ring (bicyclic) bond motifs is 1. The van der Waals surface area contributed by atoms with E-state index in [1.54, 1.807) is 19.2 Å². The first-order valence-corrected chi connectivity index (χ1v) is 23.7. The Morgan fingerprint density at radius 2 is 1.71 bits per heavy atom. The van der Waals surface area contributed by atoms with Gasteiger partial charge in [0.15, 0.2) is 5.82 Å². The highest BCUT2D eigenvalue weighted by Gasteiger charge is 2.31. The molecule has 1 saturated carbocycles. The molecule has 1 amide bonds. The molecular formula is C49H54ClN9O6S. The molecule has 9 rings (SSSR count). The third kappa shape index (κ3) is 10.1. The number of rotatable bonds is 16. The SMILES string of the molecule is CC(=O)N1CCN(c2ccc(-c3nccc(COc4ccccc4CC(Oc4nsc5cnc(C6CCC6)c(-c6ccc(OCCN7CCN(C)CC7)c(Cl)c6C)c45)C(=O)O)n3)nc2)CC1. The van der Waals surface area contributed by atoms with Gasteiger partial charge in [0, 0.05) is 96.1 Å². The lowest BCUT2D eigenvalue weighted by Crippen LogP contribution is -2.48. The zero-order valence-electron chi connectivity index (χ0n) is 37.5. The number of hydrogen-bond acceptors (Lipinski definition) is 14. The molecule has 3 aliphatic rings. The van der Waals surface area contributed by atoms with Gasteiger partial charge in [-0.3, -0.25) is 19.7 Å². The fourth-order valence-electron chi connectivity index (χ4n) is 8.73. The van der Waals surface area contributed by atoms with E-state index >= 15 is 0 Å². The number of carboxylic acids is 1. The number of piperazine rings is 2. The van der Waals surface area contributed by atoms with Crippen LogP contribution in [0.15, 0.2) is 73.2 Å². The maximum atomic E-state index is 13.0. The van der Waals surface area contributed by atoms with Gasteiger partial charge in [-0.1, -0.05) is 42.3 Å². The van der Waals surface area contributed by atoms with Crippen molar-refractivity contribution in [3.63, 3.8) is 0 Å². The van der Waals surface area contributed by atoms with Crippen molar-refractivity contribution in [3.8, 4) is 40.0 Å². The summed E-state index contributed by atoms with van der Waals surface area (Å²) in [7, 11) is 2.15. The lowest BCUT2D eigenvalue weighted by molar-refractivity contribution is -0.145. The maximum Gasteiger partial charge on any atom is 0.345 e. The first-order valence-electron chi connectivity index (χ1n) is 22.6. The number of likely N-dealkylation sites (N-methyl/N-ethyl adjacent to an activating group) is 1. The van der Waals surface area contributed by atoms with E-state index in [4.69, 9.17) is 40.2 Å². The molecule has 17 heteroatoms. The third-order valence-corrected chi connectivity index (χ3v) is 14.2. The minimum Gasteiger partial charge on any atom is -0.491 e. The Balaban J connectivity index is 0.909. The molecule has 0 bridgehead atoms. The minimum absolute atomic E-state index is 0.0144. The first kappa shape index (κ1) is 45.2. The Kier molecular flexibility index (Phi) is 13.9. The van der Waals surface area contributed by atoms with Gasteiger partial charge in [0.25, 0.3) is 0 Å². The van der Waals surface area contributed by atoms with Gasteiger partial charge in [0.05, 0.1) is 38.4 Å². The summed E-state index contributed by atoms with van der Waals surface area (Å²) < 4.78 is 24.5. The fraction of sp³-hybridized carbons (Fsp3) is 0.408. The number of carbonyl (C=O) groups excluding carboxylic acids is 1. The molecule has 0 radical (unpaired) electrons. The van der Waals surface area contributed by atoms with E-state index in [0.29, 0.717) is 59.0 Å². The highest BCUT2D eigenvalue weighted by molar-refractivity contribution is 7.13. The Morgan fingerprint density at radius 1 is 0.909 bits per heavy atom. The molecule has 6 heterocycles. The summed E-state index contributed by atoms with van der Waals surface area (Å²) in [6, 6.07) is 17.0. The lowest BCUT2D eigenvalue weighted by Gasteiger charge is -2.35. The number of para-hydroxylation sites is 1. The second kappa shape index (κ2) is 20.3. The van der Waals surface area contributed by atoms with E-state index < -0.39 is 12.1 Å². The number of anilines is 1. The van der Waals surface area contributed by atoms with Crippen LogP contribution < -0.4 is 19.1 Å². The number of nitrogens with zero attached hydrogens (tertiary/aromatic N) is 9. The number of hydrogen-bond donors (Lipinski definition) is 1. The predicted molar refractivity (Wildman–Crippen MR) is 255 cm³/mol. The molecule has 15 nitrogen and oxygen atoms in total. The molecule has 66 heavy (non-hydrogen) atoms. The average Bonchev–Trinajstić information content (AvgIpc) is 3.73. The Labute approximate surface area is 393 Å². The van der Waals surface area contributed by atoms with Crippen LogP contribution in [0.25, 0.3) is 32.7 Å². The number of carbonyl (C=O) groups is 2. The number of benzene rings is 2. The molecule has 3 fully saturated rings. The van der Waals surface area contributed by atoms with E-state index in [1.165, 1.54) is 11.5 Å². The Hall–Kier alpha value is -5.94. The fourth-order valence-corrected chi connectivity index (χ4v) is 9.65. The van der Waals surface area contributed by atoms with Crippen molar-refractivity contribution in [1.82, 2.24) is 39.0 Å². The standard InChI is InChI=1S/C49H54ClN9O6S/c1-31-37(12-14-40(45(31)50)63-26-25-57-19-17-56(3)18-20-57)43-44-42(29-53-46(43)33-8-6-9-33)66-55-48(44)65-41(49(61)62)27-34-7-4-5-10-39(34)64-30-35-15-16-51-47(54-35)38-13-11-36(28-52-38)59-23-21-58(22-24-59)32(2)60/h4-5,7,10-16,28-29,33,41H,6,8-9,17-27,30H2,1-3H3,(H,61,62). The summed E-state index contributed by atoms with van der Waals surface area (Å²) >= 11 is 8.32. The highest BCUT2D eigenvalue weighted by atomic mass is 35.5. The van der Waals surface area contributed by atoms with Gasteiger partial charge in [-0.25, -0.2) is 14.8 Å².